The van der Waals surface area contributed by atoms with E-state index in [1.54, 1.807) is 24.3 Å². The number of nitrogens with one attached hydrogen (secondary N) is 1. The number of carbonyl (C=O) groups is 1. The molecule has 21 heavy (non-hydrogen) atoms. The van der Waals surface area contributed by atoms with Crippen LogP contribution in [0.15, 0.2) is 42.5 Å². The number of hydrogen-bond acceptors (Lipinski definition) is 1. The number of ketones is 1. The molecule has 0 atom stereocenters. The fourth-order valence-electron chi connectivity index (χ4n) is 2.64. The van der Waals surface area contributed by atoms with Gasteiger partial charge in [0.2, 0.25) is 0 Å². The molecule has 0 aliphatic carbocycles. The van der Waals surface area contributed by atoms with Crippen molar-refractivity contribution in [2.75, 3.05) is 0 Å². The minimum Gasteiger partial charge on any atom is -0.358 e. The Labute approximate surface area is 128 Å². The summed E-state index contributed by atoms with van der Waals surface area (Å²) in [4.78, 5) is 16.1. The zero-order valence-corrected chi connectivity index (χ0v) is 12.8. The summed E-state index contributed by atoms with van der Waals surface area (Å²) < 4.78 is 0. The highest BCUT2D eigenvalue weighted by Gasteiger charge is 2.17. The lowest BCUT2D eigenvalue weighted by molar-refractivity contribution is 0.104. The number of aromatic amines is 1. The van der Waals surface area contributed by atoms with Gasteiger partial charge in [-0.05, 0) is 49.2 Å². The SMILES string of the molecule is CCc1ccc2c(C(=O)c3ccc(Cl)cc3)c(C)[nH]c2c1. The summed E-state index contributed by atoms with van der Waals surface area (Å²) in [5.74, 6) is 0.0275. The molecular formula is C18H16ClNO. The molecule has 0 spiro atoms. The van der Waals surface area contributed by atoms with Crippen molar-refractivity contribution in [3.8, 4) is 0 Å². The molecule has 1 heterocycles. The van der Waals surface area contributed by atoms with Crippen LogP contribution in [-0.4, -0.2) is 10.8 Å². The maximum Gasteiger partial charge on any atom is 0.195 e. The maximum absolute atomic E-state index is 12.7. The van der Waals surface area contributed by atoms with E-state index in [0.717, 1.165) is 28.6 Å². The molecule has 0 radical (unpaired) electrons. The van der Waals surface area contributed by atoms with Gasteiger partial charge in [-0.3, -0.25) is 4.79 Å². The van der Waals surface area contributed by atoms with E-state index in [-0.39, 0.29) is 5.78 Å². The Morgan fingerprint density at radius 2 is 1.86 bits per heavy atom. The second-order valence-electron chi connectivity index (χ2n) is 5.19. The maximum atomic E-state index is 12.7. The average Bonchev–Trinajstić information content (AvgIpc) is 2.82. The van der Waals surface area contributed by atoms with Gasteiger partial charge < -0.3 is 4.98 Å². The molecule has 0 saturated carbocycles. The van der Waals surface area contributed by atoms with Gasteiger partial charge in [0.1, 0.15) is 0 Å². The number of carbonyl (C=O) groups excluding carboxylic acids is 1. The Kier molecular flexibility index (Phi) is 3.56. The summed E-state index contributed by atoms with van der Waals surface area (Å²) >= 11 is 5.88. The van der Waals surface area contributed by atoms with E-state index in [2.05, 4.69) is 24.0 Å². The largest absolute Gasteiger partial charge is 0.358 e. The van der Waals surface area contributed by atoms with Gasteiger partial charge >= 0.3 is 0 Å². The molecule has 0 fully saturated rings. The van der Waals surface area contributed by atoms with Gasteiger partial charge in [-0.15, -0.1) is 0 Å². The molecule has 0 bridgehead atoms. The second kappa shape index (κ2) is 5.38. The van der Waals surface area contributed by atoms with Crippen molar-refractivity contribution in [1.82, 2.24) is 4.98 Å². The van der Waals surface area contributed by atoms with Crippen LogP contribution in [0.1, 0.15) is 34.1 Å². The minimum atomic E-state index is 0.0275. The Morgan fingerprint density at radius 1 is 1.14 bits per heavy atom. The lowest BCUT2D eigenvalue weighted by Crippen LogP contribution is -2.02. The fraction of sp³-hybridized carbons (Fsp3) is 0.167. The molecule has 0 aliphatic heterocycles. The molecular weight excluding hydrogens is 282 g/mol. The molecule has 2 aromatic carbocycles. The normalized spacial score (nSPS) is 11.0. The second-order valence-corrected chi connectivity index (χ2v) is 5.63. The van der Waals surface area contributed by atoms with E-state index in [0.29, 0.717) is 10.6 Å². The van der Waals surface area contributed by atoms with Crippen LogP contribution in [0, 0.1) is 6.92 Å². The quantitative estimate of drug-likeness (QED) is 0.684. The first-order chi connectivity index (χ1) is 10.1. The Hall–Kier alpha value is -2.06. The van der Waals surface area contributed by atoms with Crippen molar-refractivity contribution in [3.63, 3.8) is 0 Å². The molecule has 0 amide bonds. The first-order valence-corrected chi connectivity index (χ1v) is 7.39. The Balaban J connectivity index is 2.13. The summed E-state index contributed by atoms with van der Waals surface area (Å²) in [6.45, 7) is 4.06. The van der Waals surface area contributed by atoms with E-state index in [1.165, 1.54) is 5.56 Å². The lowest BCUT2D eigenvalue weighted by Gasteiger charge is -2.02. The third-order valence-corrected chi connectivity index (χ3v) is 4.04. The number of rotatable bonds is 3. The highest BCUT2D eigenvalue weighted by Crippen LogP contribution is 2.26. The highest BCUT2D eigenvalue weighted by atomic mass is 35.5. The zero-order chi connectivity index (χ0) is 15.0. The number of aryl methyl sites for hydroxylation is 2. The average molecular weight is 298 g/mol. The van der Waals surface area contributed by atoms with Crippen molar-refractivity contribution < 1.29 is 4.79 Å². The number of hydrogen-bond donors (Lipinski definition) is 1. The van der Waals surface area contributed by atoms with Gasteiger partial charge in [0.05, 0.1) is 5.56 Å². The lowest BCUT2D eigenvalue weighted by atomic mass is 9.99. The van der Waals surface area contributed by atoms with Crippen LogP contribution < -0.4 is 0 Å². The fourth-order valence-corrected chi connectivity index (χ4v) is 2.76. The van der Waals surface area contributed by atoms with Crippen LogP contribution in [0.5, 0.6) is 0 Å². The first kappa shape index (κ1) is 13.9. The van der Waals surface area contributed by atoms with Crippen LogP contribution in [0.25, 0.3) is 10.9 Å². The van der Waals surface area contributed by atoms with Crippen molar-refractivity contribution in [1.29, 1.82) is 0 Å². The van der Waals surface area contributed by atoms with Crippen LogP contribution in [-0.2, 0) is 6.42 Å². The minimum absolute atomic E-state index is 0.0275. The van der Waals surface area contributed by atoms with Crippen molar-refractivity contribution in [2.24, 2.45) is 0 Å². The summed E-state index contributed by atoms with van der Waals surface area (Å²) in [5, 5.41) is 1.61. The van der Waals surface area contributed by atoms with Gasteiger partial charge in [-0.1, -0.05) is 30.7 Å². The number of benzene rings is 2. The Morgan fingerprint density at radius 3 is 2.52 bits per heavy atom. The number of fused-ring (bicyclic) bond motifs is 1. The monoisotopic (exact) mass is 297 g/mol. The molecule has 3 rings (SSSR count). The van der Waals surface area contributed by atoms with Crippen molar-refractivity contribution in [3.05, 3.63) is 69.9 Å². The van der Waals surface area contributed by atoms with E-state index in [1.807, 2.05) is 13.0 Å². The molecule has 2 nitrogen and oxygen atoms in total. The van der Waals surface area contributed by atoms with E-state index < -0.39 is 0 Å². The molecule has 0 saturated heterocycles. The Bertz CT molecular complexity index is 815. The van der Waals surface area contributed by atoms with Crippen LogP contribution in [0.3, 0.4) is 0 Å². The molecule has 3 heteroatoms. The van der Waals surface area contributed by atoms with Crippen LogP contribution in [0.4, 0.5) is 0 Å². The zero-order valence-electron chi connectivity index (χ0n) is 12.0. The predicted molar refractivity (Wildman–Crippen MR) is 87.3 cm³/mol. The number of halogens is 1. The molecule has 3 aromatic rings. The number of H-pyrrole nitrogens is 1. The summed E-state index contributed by atoms with van der Waals surface area (Å²) in [7, 11) is 0. The smallest absolute Gasteiger partial charge is 0.195 e. The van der Waals surface area contributed by atoms with Crippen molar-refractivity contribution in [2.45, 2.75) is 20.3 Å². The summed E-state index contributed by atoms with van der Waals surface area (Å²) in [5.41, 5.74) is 4.58. The topological polar surface area (TPSA) is 32.9 Å². The van der Waals surface area contributed by atoms with Crippen molar-refractivity contribution >= 4 is 28.3 Å². The standard InChI is InChI=1S/C18H16ClNO/c1-3-12-4-9-15-16(10-12)20-11(2)17(15)18(21)13-5-7-14(19)8-6-13/h4-10,20H,3H2,1-2H3. The van der Waals surface area contributed by atoms with Crippen LogP contribution in [0.2, 0.25) is 5.02 Å². The van der Waals surface area contributed by atoms with Gasteiger partial charge in [0.25, 0.3) is 0 Å². The van der Waals surface area contributed by atoms with Gasteiger partial charge in [0.15, 0.2) is 5.78 Å². The van der Waals surface area contributed by atoms with Gasteiger partial charge in [-0.25, -0.2) is 0 Å². The first-order valence-electron chi connectivity index (χ1n) is 7.01. The summed E-state index contributed by atoms with van der Waals surface area (Å²) in [6, 6.07) is 13.2. The molecule has 0 unspecified atom stereocenters. The van der Waals surface area contributed by atoms with E-state index >= 15 is 0 Å². The number of aromatic nitrogens is 1. The predicted octanol–water partition coefficient (Wildman–Crippen LogP) is 4.92. The highest BCUT2D eigenvalue weighted by molar-refractivity contribution is 6.30. The molecule has 106 valence electrons. The molecule has 1 aromatic heterocycles. The molecule has 1 N–H and O–H groups in total. The summed E-state index contributed by atoms with van der Waals surface area (Å²) in [6.07, 6.45) is 0.981. The molecule has 0 aliphatic rings. The van der Waals surface area contributed by atoms with Gasteiger partial charge in [0, 0.05) is 27.2 Å². The van der Waals surface area contributed by atoms with E-state index in [4.69, 9.17) is 11.6 Å². The van der Waals surface area contributed by atoms with Crippen LogP contribution >= 0.6 is 11.6 Å². The van der Waals surface area contributed by atoms with Gasteiger partial charge in [-0.2, -0.15) is 0 Å². The third-order valence-electron chi connectivity index (χ3n) is 3.79. The van der Waals surface area contributed by atoms with E-state index in [9.17, 15) is 4.79 Å². The third kappa shape index (κ3) is 2.47.